The Morgan fingerprint density at radius 3 is 2.95 bits per heavy atom. The summed E-state index contributed by atoms with van der Waals surface area (Å²) < 4.78 is 7.84. The molecule has 0 amide bonds. The van der Waals surface area contributed by atoms with Crippen LogP contribution in [-0.4, -0.2) is 20.5 Å². The summed E-state index contributed by atoms with van der Waals surface area (Å²) in [6.45, 7) is 6.89. The molecule has 1 aliphatic heterocycles. The minimum absolute atomic E-state index is 0.205. The first kappa shape index (κ1) is 13.2. The number of hydrogen-bond acceptors (Lipinski definition) is 3. The van der Waals surface area contributed by atoms with Crippen LogP contribution in [0.25, 0.3) is 0 Å². The monoisotopic (exact) mass is 272 g/mol. The molecule has 1 aliphatic rings. The molecular formula is C16H20N2O2. The quantitative estimate of drug-likeness (QED) is 0.934. The summed E-state index contributed by atoms with van der Waals surface area (Å²) in [6.07, 6.45) is 1.88. The van der Waals surface area contributed by atoms with E-state index in [4.69, 9.17) is 4.74 Å². The molecule has 4 nitrogen and oxygen atoms in total. The number of aliphatic hydroxyl groups excluding tert-OH is 1. The summed E-state index contributed by atoms with van der Waals surface area (Å²) >= 11 is 0. The minimum Gasteiger partial charge on any atom is -0.487 e. The summed E-state index contributed by atoms with van der Waals surface area (Å²) in [5, 5.41) is 14.9. The van der Waals surface area contributed by atoms with Crippen molar-refractivity contribution in [2.24, 2.45) is 0 Å². The second-order valence-corrected chi connectivity index (χ2v) is 5.85. The van der Waals surface area contributed by atoms with E-state index in [1.165, 1.54) is 0 Å². The standard InChI is InChI=1S/C16H20N2O2/c1-4-18-13(8-9-17-18)14(19)12-7-5-6-11-10-16(2,3)20-15(11)12/h5-9,14,19H,4,10H2,1-3H3. The van der Waals surface area contributed by atoms with Crippen LogP contribution >= 0.6 is 0 Å². The number of benzene rings is 1. The van der Waals surface area contributed by atoms with Gasteiger partial charge in [-0.25, -0.2) is 0 Å². The van der Waals surface area contributed by atoms with E-state index < -0.39 is 6.10 Å². The van der Waals surface area contributed by atoms with Gasteiger partial charge in [0.1, 0.15) is 17.5 Å². The summed E-state index contributed by atoms with van der Waals surface area (Å²) in [5.41, 5.74) is 2.58. The fourth-order valence-corrected chi connectivity index (χ4v) is 2.85. The Bertz CT molecular complexity index is 631. The number of aliphatic hydroxyl groups is 1. The highest BCUT2D eigenvalue weighted by Gasteiger charge is 2.33. The van der Waals surface area contributed by atoms with Crippen LogP contribution in [0.5, 0.6) is 5.75 Å². The molecule has 0 bridgehead atoms. The lowest BCUT2D eigenvalue weighted by Crippen LogP contribution is -2.25. The van der Waals surface area contributed by atoms with E-state index in [9.17, 15) is 5.11 Å². The van der Waals surface area contributed by atoms with E-state index in [2.05, 4.69) is 25.0 Å². The molecule has 1 aromatic carbocycles. The van der Waals surface area contributed by atoms with Crippen molar-refractivity contribution in [3.05, 3.63) is 47.3 Å². The predicted octanol–water partition coefficient (Wildman–Crippen LogP) is 2.70. The lowest BCUT2D eigenvalue weighted by molar-refractivity contribution is 0.130. The molecule has 1 aromatic heterocycles. The Morgan fingerprint density at radius 2 is 2.20 bits per heavy atom. The van der Waals surface area contributed by atoms with Gasteiger partial charge in [-0.1, -0.05) is 18.2 Å². The molecule has 0 radical (unpaired) electrons. The van der Waals surface area contributed by atoms with Gasteiger partial charge in [0.15, 0.2) is 0 Å². The second-order valence-electron chi connectivity index (χ2n) is 5.85. The zero-order valence-corrected chi connectivity index (χ0v) is 12.1. The van der Waals surface area contributed by atoms with E-state index in [0.29, 0.717) is 0 Å². The van der Waals surface area contributed by atoms with Gasteiger partial charge in [-0.05, 0) is 32.4 Å². The normalized spacial score (nSPS) is 17.6. The Balaban J connectivity index is 2.03. The van der Waals surface area contributed by atoms with Gasteiger partial charge in [0.2, 0.25) is 0 Å². The van der Waals surface area contributed by atoms with E-state index in [1.54, 1.807) is 6.20 Å². The van der Waals surface area contributed by atoms with Crippen molar-refractivity contribution in [1.82, 2.24) is 9.78 Å². The molecule has 0 fully saturated rings. The molecule has 1 atom stereocenters. The molecule has 1 N–H and O–H groups in total. The topological polar surface area (TPSA) is 47.3 Å². The second kappa shape index (κ2) is 4.63. The van der Waals surface area contributed by atoms with Crippen molar-refractivity contribution in [3.8, 4) is 5.75 Å². The van der Waals surface area contributed by atoms with Crippen LogP contribution in [0, 0.1) is 0 Å². The van der Waals surface area contributed by atoms with Crippen LogP contribution in [0.3, 0.4) is 0 Å². The lowest BCUT2D eigenvalue weighted by atomic mass is 9.98. The summed E-state index contributed by atoms with van der Waals surface area (Å²) in [4.78, 5) is 0. The van der Waals surface area contributed by atoms with Crippen molar-refractivity contribution < 1.29 is 9.84 Å². The summed E-state index contributed by atoms with van der Waals surface area (Å²) in [5.74, 6) is 0.828. The molecule has 0 aliphatic carbocycles. The Kier molecular flexibility index (Phi) is 3.05. The lowest BCUT2D eigenvalue weighted by Gasteiger charge is -2.20. The van der Waals surface area contributed by atoms with Gasteiger partial charge in [0.05, 0.1) is 5.69 Å². The van der Waals surface area contributed by atoms with Crippen LogP contribution in [0.4, 0.5) is 0 Å². The number of aromatic nitrogens is 2. The third kappa shape index (κ3) is 2.10. The van der Waals surface area contributed by atoms with Gasteiger partial charge in [-0.2, -0.15) is 5.10 Å². The van der Waals surface area contributed by atoms with Crippen LogP contribution in [0.1, 0.15) is 43.7 Å². The smallest absolute Gasteiger partial charge is 0.129 e. The van der Waals surface area contributed by atoms with Gasteiger partial charge < -0.3 is 9.84 Å². The molecule has 2 heterocycles. The number of nitrogens with zero attached hydrogens (tertiary/aromatic N) is 2. The molecule has 1 unspecified atom stereocenters. The van der Waals surface area contributed by atoms with Gasteiger partial charge in [-0.3, -0.25) is 4.68 Å². The third-order valence-electron chi connectivity index (χ3n) is 3.75. The molecule has 0 saturated carbocycles. The molecule has 4 heteroatoms. The van der Waals surface area contributed by atoms with E-state index >= 15 is 0 Å². The largest absolute Gasteiger partial charge is 0.487 e. The summed E-state index contributed by atoms with van der Waals surface area (Å²) in [6, 6.07) is 7.83. The first-order valence-corrected chi connectivity index (χ1v) is 7.02. The third-order valence-corrected chi connectivity index (χ3v) is 3.75. The Morgan fingerprint density at radius 1 is 1.40 bits per heavy atom. The highest BCUT2D eigenvalue weighted by Crippen LogP contribution is 2.41. The van der Waals surface area contributed by atoms with Gasteiger partial charge in [-0.15, -0.1) is 0 Å². The predicted molar refractivity (Wildman–Crippen MR) is 76.8 cm³/mol. The van der Waals surface area contributed by atoms with Crippen LogP contribution < -0.4 is 4.74 Å². The first-order chi connectivity index (χ1) is 9.52. The Hall–Kier alpha value is -1.81. The number of fused-ring (bicyclic) bond motifs is 1. The van der Waals surface area contributed by atoms with Crippen LogP contribution in [-0.2, 0) is 13.0 Å². The first-order valence-electron chi connectivity index (χ1n) is 7.02. The fraction of sp³-hybridized carbons (Fsp3) is 0.438. The van der Waals surface area contributed by atoms with Gasteiger partial charge in [0.25, 0.3) is 0 Å². The van der Waals surface area contributed by atoms with Crippen LogP contribution in [0.15, 0.2) is 30.5 Å². The van der Waals surface area contributed by atoms with Crippen molar-refractivity contribution in [2.45, 2.75) is 45.4 Å². The zero-order valence-electron chi connectivity index (χ0n) is 12.1. The SMILES string of the molecule is CCn1nccc1C(O)c1cccc2c1OC(C)(C)C2. The van der Waals surface area contributed by atoms with Gasteiger partial charge >= 0.3 is 0 Å². The van der Waals surface area contributed by atoms with E-state index in [1.807, 2.05) is 29.8 Å². The minimum atomic E-state index is -0.707. The molecule has 106 valence electrons. The number of hydrogen-bond donors (Lipinski definition) is 1. The molecule has 0 spiro atoms. The van der Waals surface area contributed by atoms with Crippen molar-refractivity contribution in [3.63, 3.8) is 0 Å². The fourth-order valence-electron chi connectivity index (χ4n) is 2.85. The number of rotatable bonds is 3. The van der Waals surface area contributed by atoms with Crippen LogP contribution in [0.2, 0.25) is 0 Å². The molecule has 2 aromatic rings. The van der Waals surface area contributed by atoms with E-state index in [-0.39, 0.29) is 5.60 Å². The molecule has 0 saturated heterocycles. The maximum Gasteiger partial charge on any atom is 0.129 e. The number of aryl methyl sites for hydroxylation is 1. The van der Waals surface area contributed by atoms with E-state index in [0.717, 1.165) is 35.5 Å². The highest BCUT2D eigenvalue weighted by molar-refractivity contribution is 5.48. The van der Waals surface area contributed by atoms with Crippen molar-refractivity contribution >= 4 is 0 Å². The molecule has 3 rings (SSSR count). The highest BCUT2D eigenvalue weighted by atomic mass is 16.5. The number of para-hydroxylation sites is 1. The van der Waals surface area contributed by atoms with Gasteiger partial charge in [0, 0.05) is 24.7 Å². The maximum absolute atomic E-state index is 10.7. The average molecular weight is 272 g/mol. The summed E-state index contributed by atoms with van der Waals surface area (Å²) in [7, 11) is 0. The van der Waals surface area contributed by atoms with Crippen molar-refractivity contribution in [2.75, 3.05) is 0 Å². The average Bonchev–Trinajstić information content (AvgIpc) is 2.98. The number of ether oxygens (including phenoxy) is 1. The maximum atomic E-state index is 10.7. The Labute approximate surface area is 119 Å². The van der Waals surface area contributed by atoms with Crippen molar-refractivity contribution in [1.29, 1.82) is 0 Å². The molecule has 20 heavy (non-hydrogen) atoms. The molecular weight excluding hydrogens is 252 g/mol. The zero-order chi connectivity index (χ0) is 14.3.